The van der Waals surface area contributed by atoms with E-state index in [-0.39, 0.29) is 30.4 Å². The summed E-state index contributed by atoms with van der Waals surface area (Å²) < 4.78 is 5.27. The normalized spacial score (nSPS) is 25.1. The van der Waals surface area contributed by atoms with Crippen LogP contribution in [0.5, 0.6) is 0 Å². The summed E-state index contributed by atoms with van der Waals surface area (Å²) in [6.07, 6.45) is 1.96. The van der Waals surface area contributed by atoms with Gasteiger partial charge >= 0.3 is 6.09 Å². The van der Waals surface area contributed by atoms with Crippen LogP contribution >= 0.6 is 11.3 Å². The molecule has 6 heteroatoms. The van der Waals surface area contributed by atoms with Gasteiger partial charge in [0.2, 0.25) is 5.91 Å². The Morgan fingerprint density at radius 3 is 2.79 bits per heavy atom. The lowest BCUT2D eigenvalue weighted by Gasteiger charge is -2.25. The smallest absolute Gasteiger partial charge is 0.416 e. The zero-order chi connectivity index (χ0) is 19.5. The molecule has 0 N–H and O–H groups in total. The molecular formula is C22H24N2O3S. The minimum atomic E-state index is -0.517. The molecule has 2 aliphatic rings. The van der Waals surface area contributed by atoms with Gasteiger partial charge in [-0.3, -0.25) is 9.69 Å². The van der Waals surface area contributed by atoms with Gasteiger partial charge < -0.3 is 4.74 Å². The van der Waals surface area contributed by atoms with Crippen molar-refractivity contribution < 1.29 is 14.3 Å². The Hall–Kier alpha value is -2.44. The average Bonchev–Trinajstić information content (AvgIpc) is 3.43. The number of cyclic esters (lactones) is 1. The van der Waals surface area contributed by atoms with Crippen LogP contribution in [0, 0.1) is 5.92 Å². The fraction of sp³-hybridized carbons (Fsp3) is 0.364. The highest BCUT2D eigenvalue weighted by Gasteiger charge is 2.46. The van der Waals surface area contributed by atoms with Crippen molar-refractivity contribution >= 4 is 23.3 Å². The van der Waals surface area contributed by atoms with Gasteiger partial charge in [0.25, 0.3) is 0 Å². The SMILES string of the molecule is C=CCN1C[C@H](c2ccsc2)[C@H](C(=O)N2C(=O)OC[C@@H]2Cc2ccccc2)C1. The summed E-state index contributed by atoms with van der Waals surface area (Å²) in [5.41, 5.74) is 2.26. The van der Waals surface area contributed by atoms with E-state index in [0.29, 0.717) is 13.0 Å². The van der Waals surface area contributed by atoms with Gasteiger partial charge in [-0.1, -0.05) is 36.4 Å². The Morgan fingerprint density at radius 2 is 2.07 bits per heavy atom. The molecule has 3 heterocycles. The third kappa shape index (κ3) is 3.75. The van der Waals surface area contributed by atoms with Gasteiger partial charge in [-0.05, 0) is 34.4 Å². The first-order chi connectivity index (χ1) is 13.7. The van der Waals surface area contributed by atoms with Gasteiger partial charge in [-0.15, -0.1) is 6.58 Å². The maximum atomic E-state index is 13.5. The Bertz CT molecular complexity index is 837. The second-order valence-electron chi connectivity index (χ2n) is 7.41. The van der Waals surface area contributed by atoms with Crippen LogP contribution in [-0.4, -0.2) is 54.1 Å². The van der Waals surface area contributed by atoms with Crippen LogP contribution in [0.15, 0.2) is 59.8 Å². The quantitative estimate of drug-likeness (QED) is 0.701. The molecule has 0 radical (unpaired) electrons. The predicted molar refractivity (Wildman–Crippen MR) is 109 cm³/mol. The van der Waals surface area contributed by atoms with Crippen molar-refractivity contribution in [2.24, 2.45) is 5.92 Å². The molecule has 2 aromatic rings. The maximum Gasteiger partial charge on any atom is 0.416 e. The summed E-state index contributed by atoms with van der Waals surface area (Å²) in [7, 11) is 0. The number of rotatable bonds is 6. The van der Waals surface area contributed by atoms with Gasteiger partial charge in [0.05, 0.1) is 12.0 Å². The van der Waals surface area contributed by atoms with E-state index in [1.165, 1.54) is 10.5 Å². The molecule has 1 aromatic carbocycles. The van der Waals surface area contributed by atoms with Crippen molar-refractivity contribution in [1.29, 1.82) is 0 Å². The van der Waals surface area contributed by atoms with E-state index in [0.717, 1.165) is 18.7 Å². The van der Waals surface area contributed by atoms with Crippen LogP contribution in [0.4, 0.5) is 4.79 Å². The molecule has 1 aromatic heterocycles. The fourth-order valence-corrected chi connectivity index (χ4v) is 4.96. The summed E-state index contributed by atoms with van der Waals surface area (Å²) in [5, 5.41) is 4.14. The van der Waals surface area contributed by atoms with E-state index in [9.17, 15) is 9.59 Å². The van der Waals surface area contributed by atoms with Crippen molar-refractivity contribution in [3.8, 4) is 0 Å². The number of amides is 2. The van der Waals surface area contributed by atoms with Crippen LogP contribution in [0.1, 0.15) is 17.0 Å². The van der Waals surface area contributed by atoms with Crippen LogP contribution in [0.3, 0.4) is 0 Å². The van der Waals surface area contributed by atoms with E-state index < -0.39 is 6.09 Å². The molecule has 2 aliphatic heterocycles. The van der Waals surface area contributed by atoms with Crippen LogP contribution < -0.4 is 0 Å². The first-order valence-electron chi connectivity index (χ1n) is 9.56. The number of carbonyl (C=O) groups is 2. The van der Waals surface area contributed by atoms with Crippen molar-refractivity contribution in [2.45, 2.75) is 18.4 Å². The summed E-state index contributed by atoms with van der Waals surface area (Å²) >= 11 is 1.63. The summed E-state index contributed by atoms with van der Waals surface area (Å²) in [6, 6.07) is 11.8. The van der Waals surface area contributed by atoms with Crippen LogP contribution in [0.2, 0.25) is 0 Å². The van der Waals surface area contributed by atoms with Crippen molar-refractivity contribution in [1.82, 2.24) is 9.80 Å². The molecule has 28 heavy (non-hydrogen) atoms. The highest BCUT2D eigenvalue weighted by molar-refractivity contribution is 7.08. The zero-order valence-corrected chi connectivity index (χ0v) is 16.5. The van der Waals surface area contributed by atoms with Crippen LogP contribution in [-0.2, 0) is 16.0 Å². The molecule has 0 spiro atoms. The Labute approximate surface area is 169 Å². The first-order valence-corrected chi connectivity index (χ1v) is 10.5. The number of hydrogen-bond donors (Lipinski definition) is 0. The molecule has 0 bridgehead atoms. The molecule has 4 rings (SSSR count). The molecule has 2 amide bonds. The summed E-state index contributed by atoms with van der Waals surface area (Å²) in [6.45, 7) is 6.24. The zero-order valence-electron chi connectivity index (χ0n) is 15.7. The third-order valence-electron chi connectivity index (χ3n) is 5.58. The van der Waals surface area contributed by atoms with E-state index in [1.807, 2.05) is 41.8 Å². The second-order valence-corrected chi connectivity index (χ2v) is 8.19. The number of hydrogen-bond acceptors (Lipinski definition) is 5. The molecule has 2 fully saturated rings. The lowest BCUT2D eigenvalue weighted by atomic mass is 9.89. The molecule has 0 saturated carbocycles. The number of likely N-dealkylation sites (tertiary alicyclic amines) is 1. The fourth-order valence-electron chi connectivity index (χ4n) is 4.24. The van der Waals surface area contributed by atoms with E-state index in [1.54, 1.807) is 11.3 Å². The minimum Gasteiger partial charge on any atom is -0.447 e. The minimum absolute atomic E-state index is 0.0875. The monoisotopic (exact) mass is 396 g/mol. The maximum absolute atomic E-state index is 13.5. The Kier molecular flexibility index (Phi) is 5.59. The number of carbonyl (C=O) groups excluding carboxylic acids is 2. The molecular weight excluding hydrogens is 372 g/mol. The van der Waals surface area contributed by atoms with Gasteiger partial charge in [0, 0.05) is 25.6 Å². The number of ether oxygens (including phenoxy) is 1. The van der Waals surface area contributed by atoms with E-state index in [2.05, 4.69) is 22.9 Å². The Morgan fingerprint density at radius 1 is 1.25 bits per heavy atom. The molecule has 3 atom stereocenters. The van der Waals surface area contributed by atoms with Gasteiger partial charge in [-0.25, -0.2) is 9.69 Å². The third-order valence-corrected chi connectivity index (χ3v) is 6.29. The molecule has 0 unspecified atom stereocenters. The topological polar surface area (TPSA) is 49.9 Å². The number of benzene rings is 1. The van der Waals surface area contributed by atoms with Crippen molar-refractivity contribution in [2.75, 3.05) is 26.2 Å². The lowest BCUT2D eigenvalue weighted by Crippen LogP contribution is -2.45. The molecule has 5 nitrogen and oxygen atoms in total. The molecule has 146 valence electrons. The molecule has 0 aliphatic carbocycles. The number of thiophene rings is 1. The van der Waals surface area contributed by atoms with Gasteiger partial charge in [0.1, 0.15) is 6.61 Å². The number of imide groups is 1. The lowest BCUT2D eigenvalue weighted by molar-refractivity contribution is -0.133. The average molecular weight is 397 g/mol. The van der Waals surface area contributed by atoms with Crippen LogP contribution in [0.25, 0.3) is 0 Å². The number of nitrogens with zero attached hydrogens (tertiary/aromatic N) is 2. The second kappa shape index (κ2) is 8.29. The standard InChI is InChI=1S/C22H24N2O3S/c1-2-9-23-12-19(17-8-10-28-15-17)20(13-23)21(25)24-18(14-27-22(24)26)11-16-6-4-3-5-7-16/h2-8,10,15,18-20H,1,9,11-14H2/t18-,19+,20+/m0/s1. The largest absolute Gasteiger partial charge is 0.447 e. The van der Waals surface area contributed by atoms with Crippen molar-refractivity contribution in [3.05, 3.63) is 70.9 Å². The van der Waals surface area contributed by atoms with Gasteiger partial charge in [-0.2, -0.15) is 11.3 Å². The van der Waals surface area contributed by atoms with Gasteiger partial charge in [0.15, 0.2) is 0 Å². The van der Waals surface area contributed by atoms with Crippen molar-refractivity contribution in [3.63, 3.8) is 0 Å². The predicted octanol–water partition coefficient (Wildman–Crippen LogP) is 3.54. The summed E-state index contributed by atoms with van der Waals surface area (Å²) in [5.74, 6) is -0.283. The highest BCUT2D eigenvalue weighted by atomic mass is 32.1. The molecule has 2 saturated heterocycles. The highest BCUT2D eigenvalue weighted by Crippen LogP contribution is 2.36. The van der Waals surface area contributed by atoms with E-state index >= 15 is 0 Å². The Balaban J connectivity index is 1.56. The first kappa shape index (κ1) is 18.9. The summed E-state index contributed by atoms with van der Waals surface area (Å²) in [4.78, 5) is 29.5. The van der Waals surface area contributed by atoms with E-state index in [4.69, 9.17) is 4.74 Å².